The lowest BCUT2D eigenvalue weighted by atomic mass is 10.0. The molecular formula is C23H31FN6O2. The van der Waals surface area contributed by atoms with Gasteiger partial charge in [-0.3, -0.25) is 9.80 Å². The van der Waals surface area contributed by atoms with E-state index in [0.717, 1.165) is 38.3 Å². The number of benzene rings is 1. The number of hydrogen-bond donors (Lipinski definition) is 2. The van der Waals surface area contributed by atoms with Crippen LogP contribution in [0.4, 0.5) is 21.0 Å². The third kappa shape index (κ3) is 5.16. The lowest BCUT2D eigenvalue weighted by Crippen LogP contribution is -2.42. The summed E-state index contributed by atoms with van der Waals surface area (Å²) in [6.07, 6.45) is -0.513. The van der Waals surface area contributed by atoms with Gasteiger partial charge in [-0.2, -0.15) is 14.4 Å². The molecule has 2 fully saturated rings. The molecule has 2 aromatic rings. The Balaban J connectivity index is 1.45. The molecule has 8 nitrogen and oxygen atoms in total. The number of halogens is 1. The fourth-order valence-corrected chi connectivity index (χ4v) is 4.10. The van der Waals surface area contributed by atoms with E-state index in [0.29, 0.717) is 0 Å². The van der Waals surface area contributed by atoms with Crippen LogP contribution in [-0.4, -0.2) is 59.8 Å². The topological polar surface area (TPSA) is 82.6 Å². The molecule has 172 valence electrons. The summed E-state index contributed by atoms with van der Waals surface area (Å²) < 4.78 is 19.5. The summed E-state index contributed by atoms with van der Waals surface area (Å²) >= 11 is 0. The molecule has 0 bridgehead atoms. The number of aromatic nitrogens is 2. The summed E-state index contributed by atoms with van der Waals surface area (Å²) in [6, 6.07) is 9.24. The van der Waals surface area contributed by atoms with Gasteiger partial charge < -0.3 is 15.4 Å². The van der Waals surface area contributed by atoms with E-state index in [-0.39, 0.29) is 36.4 Å². The molecular weight excluding hydrogens is 411 g/mol. The van der Waals surface area contributed by atoms with Gasteiger partial charge in [0.15, 0.2) is 0 Å². The standard InChI is InChI=1S/C23H31FN6O2/c1-15(2)19-14-32-23(31)30(19)21-12-20(24)27-22(28-21)26-16(3)18-6-4-17(5-7-18)13-29-10-8-25-9-11-29/h4-7,12,15-16,19,25H,8-11,13-14H2,1-3H3,(H,26,27,28)/t16-,19+/m0/s1. The molecule has 9 heteroatoms. The summed E-state index contributed by atoms with van der Waals surface area (Å²) in [5.74, 6) is -0.202. The van der Waals surface area contributed by atoms with Crippen LogP contribution in [0, 0.1) is 11.9 Å². The Labute approximate surface area is 188 Å². The van der Waals surface area contributed by atoms with Crippen molar-refractivity contribution in [2.75, 3.05) is 43.0 Å². The van der Waals surface area contributed by atoms with Crippen molar-refractivity contribution in [3.05, 3.63) is 47.4 Å². The van der Waals surface area contributed by atoms with Crippen LogP contribution in [0.1, 0.15) is 37.9 Å². The number of amides is 1. The quantitative estimate of drug-likeness (QED) is 0.638. The highest BCUT2D eigenvalue weighted by atomic mass is 19.1. The number of piperazine rings is 1. The average Bonchev–Trinajstić information content (AvgIpc) is 3.16. The molecule has 2 saturated heterocycles. The van der Waals surface area contributed by atoms with E-state index < -0.39 is 12.0 Å². The number of anilines is 2. The molecule has 0 aliphatic carbocycles. The minimum absolute atomic E-state index is 0.135. The van der Waals surface area contributed by atoms with Gasteiger partial charge in [0.2, 0.25) is 11.9 Å². The van der Waals surface area contributed by atoms with Crippen molar-refractivity contribution in [2.45, 2.75) is 39.4 Å². The van der Waals surface area contributed by atoms with Gasteiger partial charge in [0.1, 0.15) is 12.4 Å². The largest absolute Gasteiger partial charge is 0.447 e. The Morgan fingerprint density at radius 3 is 2.59 bits per heavy atom. The van der Waals surface area contributed by atoms with Crippen LogP contribution < -0.4 is 15.5 Å². The number of hydrogen-bond acceptors (Lipinski definition) is 7. The zero-order valence-corrected chi connectivity index (χ0v) is 18.8. The summed E-state index contributed by atoms with van der Waals surface area (Å²) in [5, 5.41) is 6.53. The Hall–Kier alpha value is -2.78. The molecule has 1 aromatic carbocycles. The molecule has 2 aliphatic heterocycles. The Morgan fingerprint density at radius 1 is 1.19 bits per heavy atom. The zero-order chi connectivity index (χ0) is 22.7. The lowest BCUT2D eigenvalue weighted by Gasteiger charge is -2.27. The van der Waals surface area contributed by atoms with E-state index >= 15 is 0 Å². The van der Waals surface area contributed by atoms with Crippen LogP contribution >= 0.6 is 0 Å². The van der Waals surface area contributed by atoms with Gasteiger partial charge in [-0.25, -0.2) is 4.79 Å². The number of rotatable bonds is 7. The molecule has 0 radical (unpaired) electrons. The average molecular weight is 443 g/mol. The number of nitrogens with zero attached hydrogens (tertiary/aromatic N) is 4. The molecule has 4 rings (SSSR count). The number of carbonyl (C=O) groups excluding carboxylic acids is 1. The van der Waals surface area contributed by atoms with E-state index in [1.807, 2.05) is 20.8 Å². The first-order valence-corrected chi connectivity index (χ1v) is 11.2. The third-order valence-electron chi connectivity index (χ3n) is 6.04. The van der Waals surface area contributed by atoms with Gasteiger partial charge in [0, 0.05) is 38.8 Å². The minimum atomic E-state index is -0.696. The molecule has 0 spiro atoms. The fraction of sp³-hybridized carbons (Fsp3) is 0.522. The van der Waals surface area contributed by atoms with Crippen LogP contribution in [0.3, 0.4) is 0 Å². The molecule has 2 atom stereocenters. The monoisotopic (exact) mass is 442 g/mol. The van der Waals surface area contributed by atoms with Gasteiger partial charge in [-0.1, -0.05) is 38.1 Å². The highest BCUT2D eigenvalue weighted by Gasteiger charge is 2.37. The molecule has 1 amide bonds. The Kier molecular flexibility index (Phi) is 6.86. The minimum Gasteiger partial charge on any atom is -0.447 e. The Morgan fingerprint density at radius 2 is 1.91 bits per heavy atom. The number of nitrogens with one attached hydrogen (secondary N) is 2. The summed E-state index contributed by atoms with van der Waals surface area (Å²) in [4.78, 5) is 24.4. The second-order valence-electron chi connectivity index (χ2n) is 8.76. The van der Waals surface area contributed by atoms with Gasteiger partial charge in [-0.05, 0) is 24.0 Å². The molecule has 3 heterocycles. The maximum absolute atomic E-state index is 14.3. The van der Waals surface area contributed by atoms with Crippen molar-refractivity contribution in [3.63, 3.8) is 0 Å². The highest BCUT2D eigenvalue weighted by molar-refractivity contribution is 5.89. The summed E-state index contributed by atoms with van der Waals surface area (Å²) in [6.45, 7) is 11.3. The predicted octanol–water partition coefficient (Wildman–Crippen LogP) is 3.18. The first-order valence-electron chi connectivity index (χ1n) is 11.2. The van der Waals surface area contributed by atoms with Crippen molar-refractivity contribution < 1.29 is 13.9 Å². The van der Waals surface area contributed by atoms with E-state index in [9.17, 15) is 9.18 Å². The lowest BCUT2D eigenvalue weighted by molar-refractivity contribution is 0.177. The second kappa shape index (κ2) is 9.79. The van der Waals surface area contributed by atoms with E-state index in [1.54, 1.807) is 0 Å². The summed E-state index contributed by atoms with van der Waals surface area (Å²) in [7, 11) is 0. The molecule has 1 aromatic heterocycles. The molecule has 32 heavy (non-hydrogen) atoms. The first kappa shape index (κ1) is 22.4. The van der Waals surface area contributed by atoms with Gasteiger partial charge >= 0.3 is 6.09 Å². The fourth-order valence-electron chi connectivity index (χ4n) is 4.10. The van der Waals surface area contributed by atoms with Crippen LogP contribution in [0.2, 0.25) is 0 Å². The third-order valence-corrected chi connectivity index (χ3v) is 6.04. The molecule has 0 saturated carbocycles. The number of ether oxygens (including phenoxy) is 1. The smallest absolute Gasteiger partial charge is 0.415 e. The molecule has 2 N–H and O–H groups in total. The molecule has 0 unspecified atom stereocenters. The van der Waals surface area contributed by atoms with E-state index in [4.69, 9.17) is 4.74 Å². The van der Waals surface area contributed by atoms with Gasteiger partial charge in [0.25, 0.3) is 0 Å². The van der Waals surface area contributed by atoms with Crippen molar-refractivity contribution in [2.24, 2.45) is 5.92 Å². The predicted molar refractivity (Wildman–Crippen MR) is 121 cm³/mol. The van der Waals surface area contributed by atoms with E-state index in [1.165, 1.54) is 16.5 Å². The highest BCUT2D eigenvalue weighted by Crippen LogP contribution is 2.27. The van der Waals surface area contributed by atoms with E-state index in [2.05, 4.69) is 49.8 Å². The van der Waals surface area contributed by atoms with Gasteiger partial charge in [0.05, 0.1) is 12.1 Å². The van der Waals surface area contributed by atoms with Crippen molar-refractivity contribution in [3.8, 4) is 0 Å². The second-order valence-corrected chi connectivity index (χ2v) is 8.76. The van der Waals surface area contributed by atoms with Crippen molar-refractivity contribution in [1.29, 1.82) is 0 Å². The van der Waals surface area contributed by atoms with Crippen molar-refractivity contribution in [1.82, 2.24) is 20.2 Å². The number of carbonyl (C=O) groups is 1. The normalized spacial score (nSPS) is 20.5. The maximum Gasteiger partial charge on any atom is 0.415 e. The van der Waals surface area contributed by atoms with Crippen LogP contribution in [0.5, 0.6) is 0 Å². The zero-order valence-electron chi connectivity index (χ0n) is 18.8. The molecule has 2 aliphatic rings. The first-order chi connectivity index (χ1) is 15.4. The SMILES string of the molecule is CC(C)[C@H]1COC(=O)N1c1cc(F)nc(N[C@@H](C)c2ccc(CN3CCNCC3)cc2)n1. The number of cyclic esters (lactones) is 1. The maximum atomic E-state index is 14.3. The van der Waals surface area contributed by atoms with Crippen LogP contribution in [0.25, 0.3) is 0 Å². The summed E-state index contributed by atoms with van der Waals surface area (Å²) in [5.41, 5.74) is 2.31. The van der Waals surface area contributed by atoms with Gasteiger partial charge in [-0.15, -0.1) is 0 Å². The van der Waals surface area contributed by atoms with Crippen LogP contribution in [-0.2, 0) is 11.3 Å². The Bertz CT molecular complexity index is 933. The van der Waals surface area contributed by atoms with Crippen LogP contribution in [0.15, 0.2) is 30.3 Å². The van der Waals surface area contributed by atoms with Crippen molar-refractivity contribution >= 4 is 17.9 Å².